The first kappa shape index (κ1) is 40.5. The molecular weight excluding hydrogens is 1030 g/mol. The second-order valence-electron chi connectivity index (χ2n) is 10.5. The van der Waals surface area contributed by atoms with Crippen molar-refractivity contribution in [1.82, 2.24) is 29.1 Å². The van der Waals surface area contributed by atoms with Gasteiger partial charge >= 0.3 is 0 Å². The number of rotatable bonds is 7. The third-order valence-corrected chi connectivity index (χ3v) is 7.08. The van der Waals surface area contributed by atoms with E-state index in [9.17, 15) is 0 Å². The van der Waals surface area contributed by atoms with Crippen molar-refractivity contribution in [2.24, 2.45) is 0 Å². The Bertz CT molecular complexity index is 2190. The minimum Gasteiger partial charge on any atom is -0.669 e. The number of benzene rings is 2. The van der Waals surface area contributed by atoms with Gasteiger partial charge < -0.3 is 66.8 Å². The molecule has 0 spiro atoms. The fourth-order valence-electron chi connectivity index (χ4n) is 4.62. The molecule has 0 saturated heterocycles. The summed E-state index contributed by atoms with van der Waals surface area (Å²) in [5.74, 6) is 1.90. The third kappa shape index (κ3) is 11.3. The maximum absolute atomic E-state index is 6.57. The summed E-state index contributed by atoms with van der Waals surface area (Å²) < 4.78 is 15.4. The summed E-state index contributed by atoms with van der Waals surface area (Å²) in [6.07, 6.45) is 30.5. The number of hydrogen-bond acceptors (Lipinski definition) is 6. The van der Waals surface area contributed by atoms with E-state index in [0.29, 0.717) is 34.4 Å². The topological polar surface area (TPSA) is 79.9 Å². The molecule has 10 heteroatoms. The smallest absolute Gasteiger partial charge is 0.215 e. The summed E-state index contributed by atoms with van der Waals surface area (Å²) in [4.78, 5) is 16.9. The van der Waals surface area contributed by atoms with Crippen LogP contribution in [0.1, 0.15) is 0 Å². The number of pyridine rings is 4. The number of ether oxygens (including phenoxy) is 2. The van der Waals surface area contributed by atoms with Crippen molar-refractivity contribution in [3.63, 3.8) is 0 Å². The van der Waals surface area contributed by atoms with Crippen LogP contribution in [-0.2, 0) is 42.1 Å². The summed E-state index contributed by atoms with van der Waals surface area (Å²) in [5.41, 5.74) is 4.68. The van der Waals surface area contributed by atoms with Crippen LogP contribution in [-0.4, -0.2) is 29.1 Å². The molecule has 2 aromatic carbocycles. The molecule has 54 heavy (non-hydrogen) atoms. The molecule has 8 rings (SSSR count). The largest absolute Gasteiger partial charge is 0.669 e. The molecule has 0 N–H and O–H groups in total. The molecule has 0 amide bonds. The van der Waals surface area contributed by atoms with Gasteiger partial charge in [-0.05, 0) is 36.4 Å². The molecule has 0 atom stereocenters. The van der Waals surface area contributed by atoms with Crippen LogP contribution in [0.5, 0.6) is 23.3 Å². The molecule has 6 aromatic heterocycles. The van der Waals surface area contributed by atoms with Crippen LogP contribution in [0, 0.1) is 49.2 Å². The van der Waals surface area contributed by atoms with Gasteiger partial charge in [0.1, 0.15) is 0 Å². The van der Waals surface area contributed by atoms with Crippen LogP contribution in [0.25, 0.3) is 33.4 Å². The maximum atomic E-state index is 6.57. The van der Waals surface area contributed by atoms with E-state index in [2.05, 4.69) is 56.3 Å². The average molecular weight is 1060 g/mol. The Morgan fingerprint density at radius 3 is 1.20 bits per heavy atom. The quantitative estimate of drug-likeness (QED) is 0.117. The van der Waals surface area contributed by atoms with Gasteiger partial charge in [-0.25, -0.2) is 34.2 Å². The van der Waals surface area contributed by atoms with Gasteiger partial charge in [-0.15, -0.1) is 11.1 Å². The van der Waals surface area contributed by atoms with Crippen molar-refractivity contribution in [3.8, 4) is 68.7 Å². The zero-order valence-electron chi connectivity index (χ0n) is 28.1. The van der Waals surface area contributed by atoms with Crippen LogP contribution in [0.3, 0.4) is 0 Å². The molecule has 0 aliphatic heterocycles. The van der Waals surface area contributed by atoms with Crippen molar-refractivity contribution in [1.29, 1.82) is 0 Å². The molecule has 8 aromatic rings. The molecule has 0 bridgehead atoms. The standard InChI is InChI=1S/C32H18N4O2.2C6H4N.2Pt/c1-3-15-35-31(5-1)37-29-21-25(7-9-27(29)23-11-17-33-18-12-23)26-8-10-28(24-13-19-34-20-14-24)30(22-26)38-32-6-2-4-16-36-32;2*1-2-7-5-3-4-6-7;;/h1-6,9-20H;2*3-6H;;/q-4;2*-1;;. The predicted octanol–water partition coefficient (Wildman–Crippen LogP) is 8.81. The average Bonchev–Trinajstić information content (AvgIpc) is 3.96. The summed E-state index contributed by atoms with van der Waals surface area (Å²) >= 11 is 0. The van der Waals surface area contributed by atoms with Crippen LogP contribution >= 0.6 is 0 Å². The Morgan fingerprint density at radius 1 is 0.500 bits per heavy atom. The van der Waals surface area contributed by atoms with E-state index in [0.717, 1.165) is 22.3 Å². The molecular formula is C44H26N6O2Pt2-6. The van der Waals surface area contributed by atoms with E-state index >= 15 is 0 Å². The van der Waals surface area contributed by atoms with E-state index in [-0.39, 0.29) is 42.1 Å². The first-order valence-electron chi connectivity index (χ1n) is 15.8. The zero-order chi connectivity index (χ0) is 35.8. The Labute approximate surface area is 343 Å². The molecule has 0 fully saturated rings. The maximum Gasteiger partial charge on any atom is 0.215 e. The Hall–Kier alpha value is -6.30. The summed E-state index contributed by atoms with van der Waals surface area (Å²) in [6.45, 7) is 0. The second kappa shape index (κ2) is 21.3. The summed E-state index contributed by atoms with van der Waals surface area (Å²) in [5, 5.41) is 0. The Kier molecular flexibility index (Phi) is 15.9. The van der Waals surface area contributed by atoms with Crippen molar-refractivity contribution in [3.05, 3.63) is 196 Å². The fourth-order valence-corrected chi connectivity index (χ4v) is 4.62. The number of hydrogen-bond donors (Lipinski definition) is 0. The molecule has 6 heterocycles. The van der Waals surface area contributed by atoms with Gasteiger partial charge in [0.25, 0.3) is 0 Å². The van der Waals surface area contributed by atoms with Gasteiger partial charge in [-0.2, -0.15) is 0 Å². The van der Waals surface area contributed by atoms with Crippen LogP contribution in [0.4, 0.5) is 0 Å². The molecule has 0 aliphatic rings. The molecule has 8 nitrogen and oxygen atoms in total. The molecule has 0 aliphatic carbocycles. The minimum absolute atomic E-state index is 0. The monoisotopic (exact) mass is 1060 g/mol. The van der Waals surface area contributed by atoms with Gasteiger partial charge in [0.05, 0.1) is 0 Å². The van der Waals surface area contributed by atoms with Crippen LogP contribution < -0.4 is 9.47 Å². The van der Waals surface area contributed by atoms with Crippen LogP contribution in [0.15, 0.2) is 159 Å². The van der Waals surface area contributed by atoms with Crippen LogP contribution in [0.2, 0.25) is 0 Å². The molecule has 0 saturated carbocycles. The fraction of sp³-hybridized carbons (Fsp3) is 0. The van der Waals surface area contributed by atoms with Gasteiger partial charge in [0.15, 0.2) is 0 Å². The first-order valence-corrected chi connectivity index (χ1v) is 15.8. The van der Waals surface area contributed by atoms with Crippen molar-refractivity contribution in [2.75, 3.05) is 0 Å². The summed E-state index contributed by atoms with van der Waals surface area (Å²) in [7, 11) is 0. The summed E-state index contributed by atoms with van der Waals surface area (Å²) in [6, 6.07) is 47.4. The first-order chi connectivity index (χ1) is 25.7. The van der Waals surface area contributed by atoms with E-state index < -0.39 is 0 Å². The SMILES string of the molecule is [C-]#Cn1cccc1.[C-]#Cn1cccc1.[Pt].[Pt].[c-]1cc(-c2ccncc2)c(Oc2ccccn2)[c-]c1-c1[c-]cc(-c2ccncc2)c(Oc2ccccn2)[c-]1. The zero-order valence-corrected chi connectivity index (χ0v) is 32.7. The minimum atomic E-state index is 0. The number of aromatic nitrogens is 6. The van der Waals surface area contributed by atoms with Crippen molar-refractivity contribution >= 4 is 0 Å². The third-order valence-electron chi connectivity index (χ3n) is 7.08. The number of nitrogens with zero attached hydrogens (tertiary/aromatic N) is 6. The van der Waals surface area contributed by atoms with E-state index in [1.165, 1.54) is 0 Å². The van der Waals surface area contributed by atoms with Gasteiger partial charge in [0, 0.05) is 116 Å². The predicted molar refractivity (Wildman–Crippen MR) is 196 cm³/mol. The van der Waals surface area contributed by atoms with E-state index in [4.69, 9.17) is 22.3 Å². The van der Waals surface area contributed by atoms with Crippen molar-refractivity contribution in [2.45, 2.75) is 0 Å². The van der Waals surface area contributed by atoms with Gasteiger partial charge in [-0.1, -0.05) is 59.0 Å². The Morgan fingerprint density at radius 2 is 0.889 bits per heavy atom. The van der Waals surface area contributed by atoms with Crippen molar-refractivity contribution < 1.29 is 51.6 Å². The molecule has 0 unspecified atom stereocenters. The second-order valence-corrected chi connectivity index (χ2v) is 10.5. The van der Waals surface area contributed by atoms with Gasteiger partial charge in [-0.3, -0.25) is 9.97 Å². The van der Waals surface area contributed by atoms with E-state index in [1.54, 1.807) is 83.2 Å². The van der Waals surface area contributed by atoms with Gasteiger partial charge in [0.2, 0.25) is 11.8 Å². The molecule has 270 valence electrons. The Balaban J connectivity index is 0.000000340. The van der Waals surface area contributed by atoms with E-state index in [1.807, 2.05) is 84.9 Å². The molecule has 0 radical (unpaired) electrons. The normalized spacial score (nSPS) is 9.52.